The molecule has 4 nitrogen and oxygen atoms in total. The third kappa shape index (κ3) is 1.87. The van der Waals surface area contributed by atoms with Crippen LogP contribution in [0, 0.1) is 0 Å². The molecule has 1 saturated carbocycles. The highest BCUT2D eigenvalue weighted by molar-refractivity contribution is 7.12. The lowest BCUT2D eigenvalue weighted by Gasteiger charge is -2.04. The van der Waals surface area contributed by atoms with E-state index in [1.807, 2.05) is 5.38 Å². The lowest BCUT2D eigenvalue weighted by atomic mass is 10.0. The van der Waals surface area contributed by atoms with Crippen LogP contribution < -0.4 is 0 Å². The van der Waals surface area contributed by atoms with Gasteiger partial charge >= 0.3 is 0 Å². The summed E-state index contributed by atoms with van der Waals surface area (Å²) >= 11 is 7.69. The Balaban J connectivity index is 2.09. The van der Waals surface area contributed by atoms with Gasteiger partial charge in [0.25, 0.3) is 0 Å². The van der Waals surface area contributed by atoms with Crippen LogP contribution in [0.2, 0.25) is 5.15 Å². The normalized spacial score (nSPS) is 16.3. The molecule has 1 aliphatic carbocycles. The number of aldehydes is 1. The Morgan fingerprint density at radius 3 is 2.83 bits per heavy atom. The van der Waals surface area contributed by atoms with E-state index in [1.165, 1.54) is 24.2 Å². The molecule has 0 aliphatic heterocycles. The molecule has 0 radical (unpaired) electrons. The zero-order valence-corrected chi connectivity index (χ0v) is 11.2. The number of carbonyl (C=O) groups is 1. The molecule has 1 aliphatic rings. The molecular weight excluding hydrogens is 270 g/mol. The van der Waals surface area contributed by atoms with Gasteiger partial charge in [-0.3, -0.25) is 4.79 Å². The number of thiazole rings is 1. The molecule has 3 rings (SSSR count). The monoisotopic (exact) mass is 281 g/mol. The van der Waals surface area contributed by atoms with Crippen LogP contribution in [-0.4, -0.2) is 21.1 Å². The van der Waals surface area contributed by atoms with E-state index in [0.717, 1.165) is 24.8 Å². The maximum Gasteiger partial charge on any atom is 0.211 e. The van der Waals surface area contributed by atoms with Gasteiger partial charge in [0.15, 0.2) is 6.29 Å². The van der Waals surface area contributed by atoms with E-state index < -0.39 is 0 Å². The molecule has 18 heavy (non-hydrogen) atoms. The Labute approximate surface area is 114 Å². The predicted octanol–water partition coefficient (Wildman–Crippen LogP) is 3.45. The maximum absolute atomic E-state index is 11.2. The molecule has 2 aromatic heterocycles. The first-order chi connectivity index (χ1) is 8.81. The van der Waals surface area contributed by atoms with Crippen LogP contribution in [0.15, 0.2) is 11.6 Å². The van der Waals surface area contributed by atoms with Gasteiger partial charge in [-0.05, 0) is 12.8 Å². The van der Waals surface area contributed by atoms with Crippen molar-refractivity contribution in [2.24, 2.45) is 0 Å². The number of nitrogens with zero attached hydrogens (tertiary/aromatic N) is 3. The molecule has 0 saturated heterocycles. The Bertz CT molecular complexity index is 558. The van der Waals surface area contributed by atoms with Gasteiger partial charge < -0.3 is 0 Å². The summed E-state index contributed by atoms with van der Waals surface area (Å²) in [7, 11) is 0. The molecule has 0 spiro atoms. The lowest BCUT2D eigenvalue weighted by molar-refractivity contribution is 0.112. The number of hydrogen-bond donors (Lipinski definition) is 0. The van der Waals surface area contributed by atoms with E-state index in [-0.39, 0.29) is 0 Å². The maximum atomic E-state index is 11.2. The molecule has 94 valence electrons. The van der Waals surface area contributed by atoms with Crippen LogP contribution in [-0.2, 0) is 0 Å². The standard InChI is InChI=1S/C12H12ClN3OS/c13-11-9(7-17)10(8-3-1-2-4-8)15-16(11)12-14-5-6-18-12/h5-8H,1-4H2. The van der Waals surface area contributed by atoms with Gasteiger partial charge in [0.1, 0.15) is 5.15 Å². The number of halogens is 1. The fourth-order valence-electron chi connectivity index (χ4n) is 2.48. The molecular formula is C12H12ClN3OS. The summed E-state index contributed by atoms with van der Waals surface area (Å²) in [5.74, 6) is 0.365. The van der Waals surface area contributed by atoms with Gasteiger partial charge in [0.2, 0.25) is 5.13 Å². The minimum absolute atomic E-state index is 0.365. The third-order valence-electron chi connectivity index (χ3n) is 3.35. The molecule has 0 bridgehead atoms. The molecule has 0 atom stereocenters. The Morgan fingerprint density at radius 1 is 1.44 bits per heavy atom. The molecule has 0 amide bonds. The average molecular weight is 282 g/mol. The first kappa shape index (κ1) is 11.9. The van der Waals surface area contributed by atoms with E-state index in [9.17, 15) is 4.79 Å². The summed E-state index contributed by atoms with van der Waals surface area (Å²) in [5, 5.41) is 7.45. The number of carbonyl (C=O) groups excluding carboxylic acids is 1. The fraction of sp³-hybridized carbons (Fsp3) is 0.417. The van der Waals surface area contributed by atoms with Crippen molar-refractivity contribution >= 4 is 29.2 Å². The van der Waals surface area contributed by atoms with Gasteiger partial charge in [-0.1, -0.05) is 24.4 Å². The molecule has 0 unspecified atom stereocenters. The topological polar surface area (TPSA) is 47.8 Å². The van der Waals surface area contributed by atoms with Crippen molar-refractivity contribution in [1.29, 1.82) is 0 Å². The number of hydrogen-bond acceptors (Lipinski definition) is 4. The van der Waals surface area contributed by atoms with Crippen LogP contribution in [0.3, 0.4) is 0 Å². The van der Waals surface area contributed by atoms with Crippen LogP contribution in [0.4, 0.5) is 0 Å². The van der Waals surface area contributed by atoms with Crippen molar-refractivity contribution in [3.63, 3.8) is 0 Å². The van der Waals surface area contributed by atoms with Crippen molar-refractivity contribution in [2.75, 3.05) is 0 Å². The molecule has 0 N–H and O–H groups in total. The molecule has 2 heterocycles. The SMILES string of the molecule is O=Cc1c(C2CCCC2)nn(-c2nccs2)c1Cl. The fourth-order valence-corrected chi connectivity index (χ4v) is 3.39. The summed E-state index contributed by atoms with van der Waals surface area (Å²) in [5.41, 5.74) is 1.36. The Kier molecular flexibility index (Phi) is 3.18. The van der Waals surface area contributed by atoms with Crippen LogP contribution in [0.1, 0.15) is 47.7 Å². The second-order valence-electron chi connectivity index (χ2n) is 4.42. The predicted molar refractivity (Wildman–Crippen MR) is 70.8 cm³/mol. The van der Waals surface area contributed by atoms with Crippen molar-refractivity contribution in [3.8, 4) is 5.13 Å². The van der Waals surface area contributed by atoms with Crippen LogP contribution >= 0.6 is 22.9 Å². The summed E-state index contributed by atoms with van der Waals surface area (Å²) in [6.45, 7) is 0. The largest absolute Gasteiger partial charge is 0.298 e. The highest BCUT2D eigenvalue weighted by atomic mass is 35.5. The molecule has 2 aromatic rings. The van der Waals surface area contributed by atoms with Gasteiger partial charge in [-0.25, -0.2) is 4.98 Å². The highest BCUT2D eigenvalue weighted by Gasteiger charge is 2.26. The van der Waals surface area contributed by atoms with Crippen molar-refractivity contribution in [2.45, 2.75) is 31.6 Å². The van der Waals surface area contributed by atoms with E-state index in [1.54, 1.807) is 10.9 Å². The zero-order chi connectivity index (χ0) is 12.5. The van der Waals surface area contributed by atoms with E-state index in [2.05, 4.69) is 10.1 Å². The van der Waals surface area contributed by atoms with Gasteiger partial charge in [-0.2, -0.15) is 9.78 Å². The summed E-state index contributed by atoms with van der Waals surface area (Å²) < 4.78 is 1.57. The first-order valence-electron chi connectivity index (χ1n) is 5.94. The Morgan fingerprint density at radius 2 is 2.22 bits per heavy atom. The second kappa shape index (κ2) is 4.82. The second-order valence-corrected chi connectivity index (χ2v) is 5.65. The van der Waals surface area contributed by atoms with Crippen molar-refractivity contribution in [3.05, 3.63) is 28.0 Å². The minimum atomic E-state index is 0.365. The van der Waals surface area contributed by atoms with Gasteiger partial charge in [-0.15, -0.1) is 11.3 Å². The zero-order valence-electron chi connectivity index (χ0n) is 9.67. The average Bonchev–Trinajstić information content (AvgIpc) is 3.09. The number of rotatable bonds is 3. The third-order valence-corrected chi connectivity index (χ3v) is 4.46. The summed E-state index contributed by atoms with van der Waals surface area (Å²) in [6.07, 6.45) is 7.09. The highest BCUT2D eigenvalue weighted by Crippen LogP contribution is 2.37. The van der Waals surface area contributed by atoms with Crippen molar-refractivity contribution in [1.82, 2.24) is 14.8 Å². The van der Waals surface area contributed by atoms with Crippen molar-refractivity contribution < 1.29 is 4.79 Å². The van der Waals surface area contributed by atoms with E-state index in [0.29, 0.717) is 21.8 Å². The van der Waals surface area contributed by atoms with Gasteiger partial charge in [0, 0.05) is 17.5 Å². The number of aromatic nitrogens is 3. The lowest BCUT2D eigenvalue weighted by Crippen LogP contribution is -1.99. The quantitative estimate of drug-likeness (QED) is 0.810. The van der Waals surface area contributed by atoms with E-state index in [4.69, 9.17) is 11.6 Å². The minimum Gasteiger partial charge on any atom is -0.298 e. The Hall–Kier alpha value is -1.20. The van der Waals surface area contributed by atoms with Crippen LogP contribution in [0.5, 0.6) is 0 Å². The van der Waals surface area contributed by atoms with Crippen LogP contribution in [0.25, 0.3) is 5.13 Å². The summed E-state index contributed by atoms with van der Waals surface area (Å²) in [6, 6.07) is 0. The smallest absolute Gasteiger partial charge is 0.211 e. The van der Waals surface area contributed by atoms with E-state index >= 15 is 0 Å². The molecule has 1 fully saturated rings. The molecule has 0 aromatic carbocycles. The first-order valence-corrected chi connectivity index (χ1v) is 7.20. The molecule has 6 heteroatoms. The van der Waals surface area contributed by atoms with Gasteiger partial charge in [0.05, 0.1) is 11.3 Å². The summed E-state index contributed by atoms with van der Waals surface area (Å²) in [4.78, 5) is 15.4.